The lowest BCUT2D eigenvalue weighted by Crippen LogP contribution is -2.06. The largest absolute Gasteiger partial charge is 0.456 e. The van der Waals surface area contributed by atoms with Crippen LogP contribution in [0, 0.1) is 6.92 Å². The molecule has 0 spiro atoms. The number of benzene rings is 2. The quantitative estimate of drug-likeness (QED) is 0.536. The normalized spacial score (nSPS) is 22.9. The minimum Gasteiger partial charge on any atom is -0.456 e. The molecule has 1 nitrogen and oxygen atoms in total. The molecule has 21 heavy (non-hydrogen) atoms. The van der Waals surface area contributed by atoms with Gasteiger partial charge >= 0.3 is 0 Å². The first-order chi connectivity index (χ1) is 10.3. The molecule has 0 amide bonds. The fourth-order valence-electron chi connectivity index (χ4n) is 3.42. The number of allylic oxidation sites excluding steroid dienone is 3. The van der Waals surface area contributed by atoms with Crippen molar-refractivity contribution in [2.24, 2.45) is 0 Å². The van der Waals surface area contributed by atoms with Crippen molar-refractivity contribution in [1.82, 2.24) is 0 Å². The monoisotopic (exact) mass is 290 g/mol. The van der Waals surface area contributed by atoms with E-state index in [1.54, 1.807) is 0 Å². The van der Waals surface area contributed by atoms with E-state index in [0.29, 0.717) is 11.2 Å². The number of rotatable bonds is 0. The first-order valence-electron chi connectivity index (χ1n) is 7.28. The van der Waals surface area contributed by atoms with Gasteiger partial charge in [0.2, 0.25) is 0 Å². The van der Waals surface area contributed by atoms with Gasteiger partial charge in [0.25, 0.3) is 0 Å². The molecule has 0 bridgehead atoms. The lowest BCUT2D eigenvalue weighted by atomic mass is 9.91. The number of fused-ring (bicyclic) bond motifs is 6. The first kappa shape index (κ1) is 11.7. The van der Waals surface area contributed by atoms with Gasteiger partial charge in [-0.3, -0.25) is 0 Å². The summed E-state index contributed by atoms with van der Waals surface area (Å²) in [5, 5.41) is 3.03. The van der Waals surface area contributed by atoms with Gasteiger partial charge in [-0.25, -0.2) is 0 Å². The highest BCUT2D eigenvalue weighted by molar-refractivity contribution is 8.00. The average Bonchev–Trinajstić information content (AvgIpc) is 3.02. The van der Waals surface area contributed by atoms with Gasteiger partial charge in [-0.15, -0.1) is 11.8 Å². The molecule has 3 aromatic rings. The maximum Gasteiger partial charge on any atom is 0.136 e. The van der Waals surface area contributed by atoms with Crippen molar-refractivity contribution in [2.45, 2.75) is 23.0 Å². The summed E-state index contributed by atoms with van der Waals surface area (Å²) < 4.78 is 6.04. The van der Waals surface area contributed by atoms with E-state index in [1.807, 2.05) is 11.8 Å². The van der Waals surface area contributed by atoms with Crippen molar-refractivity contribution in [3.63, 3.8) is 0 Å². The molecule has 2 unspecified atom stereocenters. The van der Waals surface area contributed by atoms with Crippen LogP contribution in [0.1, 0.15) is 17.0 Å². The molecule has 2 atom stereocenters. The van der Waals surface area contributed by atoms with Gasteiger partial charge < -0.3 is 4.42 Å². The van der Waals surface area contributed by atoms with Crippen LogP contribution in [0.4, 0.5) is 0 Å². The fourth-order valence-corrected chi connectivity index (χ4v) is 4.78. The number of aryl methyl sites for hydroxylation is 1. The standard InChI is InChI=1S/C19H14OS/c1-11-6-7-16-13(8-11)14-9-15-12-4-2-3-5-18(12)21-19(15)10-17(14)20-16/h2-10,12,18H,1H3. The van der Waals surface area contributed by atoms with E-state index >= 15 is 0 Å². The SMILES string of the molecule is Cc1ccc2oc3cc4c(cc3c2c1)C1C=CC=CC1S4. The molecule has 5 rings (SSSR count). The van der Waals surface area contributed by atoms with Crippen LogP contribution >= 0.6 is 11.8 Å². The smallest absolute Gasteiger partial charge is 0.136 e. The average molecular weight is 290 g/mol. The Balaban J connectivity index is 1.82. The second kappa shape index (κ2) is 4.05. The maximum atomic E-state index is 6.04. The van der Waals surface area contributed by atoms with Gasteiger partial charge in [0, 0.05) is 26.8 Å². The summed E-state index contributed by atoms with van der Waals surface area (Å²) in [5.41, 5.74) is 4.72. The molecular formula is C19H14OS. The van der Waals surface area contributed by atoms with Crippen LogP contribution in [0.3, 0.4) is 0 Å². The molecule has 2 aliphatic rings. The van der Waals surface area contributed by atoms with E-state index in [9.17, 15) is 0 Å². The van der Waals surface area contributed by atoms with Crippen molar-refractivity contribution in [1.29, 1.82) is 0 Å². The van der Waals surface area contributed by atoms with Crippen molar-refractivity contribution >= 4 is 33.7 Å². The Labute approximate surface area is 127 Å². The molecule has 1 aliphatic heterocycles. The van der Waals surface area contributed by atoms with Crippen LogP contribution < -0.4 is 0 Å². The Morgan fingerprint density at radius 3 is 2.76 bits per heavy atom. The highest BCUT2D eigenvalue weighted by Crippen LogP contribution is 2.50. The molecule has 0 saturated carbocycles. The van der Waals surface area contributed by atoms with Gasteiger partial charge in [0.05, 0.1) is 0 Å². The number of hydrogen-bond donors (Lipinski definition) is 0. The van der Waals surface area contributed by atoms with Crippen molar-refractivity contribution < 1.29 is 4.42 Å². The highest BCUT2D eigenvalue weighted by Gasteiger charge is 2.31. The zero-order chi connectivity index (χ0) is 14.0. The first-order valence-corrected chi connectivity index (χ1v) is 8.16. The number of hydrogen-bond acceptors (Lipinski definition) is 2. The van der Waals surface area contributed by atoms with Crippen LogP contribution in [0.15, 0.2) is 63.9 Å². The molecule has 0 radical (unpaired) electrons. The zero-order valence-electron chi connectivity index (χ0n) is 11.7. The van der Waals surface area contributed by atoms with E-state index in [2.05, 4.69) is 61.6 Å². The summed E-state index contributed by atoms with van der Waals surface area (Å²) in [5.74, 6) is 0.508. The molecule has 102 valence electrons. The van der Waals surface area contributed by atoms with Gasteiger partial charge in [0.15, 0.2) is 0 Å². The molecular weight excluding hydrogens is 276 g/mol. The number of thioether (sulfide) groups is 1. The van der Waals surface area contributed by atoms with Gasteiger partial charge in [0.1, 0.15) is 11.2 Å². The summed E-state index contributed by atoms with van der Waals surface area (Å²) in [4.78, 5) is 1.37. The third-order valence-corrected chi connectivity index (χ3v) is 5.79. The minimum absolute atomic E-state index is 0.508. The molecule has 1 aromatic heterocycles. The maximum absolute atomic E-state index is 6.04. The topological polar surface area (TPSA) is 13.1 Å². The number of furan rings is 1. The third kappa shape index (κ3) is 1.60. The van der Waals surface area contributed by atoms with Crippen LogP contribution in [-0.4, -0.2) is 5.25 Å². The lowest BCUT2D eigenvalue weighted by Gasteiger charge is -2.14. The van der Waals surface area contributed by atoms with Gasteiger partial charge in [-0.05, 0) is 36.8 Å². The second-order valence-corrected chi connectivity index (χ2v) is 7.09. The van der Waals surface area contributed by atoms with E-state index in [0.717, 1.165) is 11.2 Å². The third-order valence-electron chi connectivity index (χ3n) is 4.46. The van der Waals surface area contributed by atoms with E-state index in [1.165, 1.54) is 26.8 Å². The van der Waals surface area contributed by atoms with Crippen LogP contribution in [0.25, 0.3) is 21.9 Å². The van der Waals surface area contributed by atoms with E-state index in [-0.39, 0.29) is 0 Å². The van der Waals surface area contributed by atoms with Crippen molar-refractivity contribution in [3.05, 3.63) is 65.8 Å². The summed E-state index contributed by atoms with van der Waals surface area (Å²) >= 11 is 1.95. The molecule has 2 heteroatoms. The van der Waals surface area contributed by atoms with Crippen LogP contribution in [0.5, 0.6) is 0 Å². The Bertz CT molecular complexity index is 945. The molecule has 2 heterocycles. The van der Waals surface area contributed by atoms with E-state index in [4.69, 9.17) is 4.42 Å². The van der Waals surface area contributed by atoms with Crippen molar-refractivity contribution in [2.75, 3.05) is 0 Å². The molecule has 2 aromatic carbocycles. The summed E-state index contributed by atoms with van der Waals surface area (Å²) in [7, 11) is 0. The molecule has 0 saturated heterocycles. The van der Waals surface area contributed by atoms with E-state index < -0.39 is 0 Å². The summed E-state index contributed by atoms with van der Waals surface area (Å²) in [6.07, 6.45) is 8.95. The van der Waals surface area contributed by atoms with Gasteiger partial charge in [-0.2, -0.15) is 0 Å². The Kier molecular flexibility index (Phi) is 2.25. The Morgan fingerprint density at radius 1 is 0.952 bits per heavy atom. The fraction of sp³-hybridized carbons (Fsp3) is 0.158. The van der Waals surface area contributed by atoms with Crippen LogP contribution in [0.2, 0.25) is 0 Å². The lowest BCUT2D eigenvalue weighted by molar-refractivity contribution is 0.667. The van der Waals surface area contributed by atoms with Crippen molar-refractivity contribution in [3.8, 4) is 0 Å². The Morgan fingerprint density at radius 2 is 1.81 bits per heavy atom. The zero-order valence-corrected chi connectivity index (χ0v) is 12.5. The van der Waals surface area contributed by atoms with Crippen LogP contribution in [-0.2, 0) is 0 Å². The molecule has 1 aliphatic carbocycles. The predicted molar refractivity (Wildman–Crippen MR) is 89.1 cm³/mol. The predicted octanol–water partition coefficient (Wildman–Crippen LogP) is 5.58. The summed E-state index contributed by atoms with van der Waals surface area (Å²) in [6.45, 7) is 2.13. The molecule has 0 N–H and O–H groups in total. The Hall–Kier alpha value is -1.93. The van der Waals surface area contributed by atoms with Gasteiger partial charge in [-0.1, -0.05) is 35.9 Å². The summed E-state index contributed by atoms with van der Waals surface area (Å²) in [6, 6.07) is 11.0. The minimum atomic E-state index is 0.508. The highest BCUT2D eigenvalue weighted by atomic mass is 32.2. The second-order valence-electron chi connectivity index (χ2n) is 5.87. The molecule has 0 fully saturated rings.